The number of fused-ring (bicyclic) bond motifs is 1. The number of carboxylic acids is 1. The summed E-state index contributed by atoms with van der Waals surface area (Å²) in [5.41, 5.74) is 0.965. The number of thiophene rings is 1. The van der Waals surface area contributed by atoms with Gasteiger partial charge in [-0.15, -0.1) is 11.3 Å². The van der Waals surface area contributed by atoms with Gasteiger partial charge in [-0.25, -0.2) is 0 Å². The Morgan fingerprint density at radius 1 is 0.886 bits per heavy atom. The first-order valence-corrected chi connectivity index (χ1v) is 11.3. The standard InChI is InChI=1S/C26H25NO6S.Na/c1-30-18-9-11-19(12-10-18)33-25-20-13-21(31-2)22(32-3)14-23(20)34-26(25)27(16-24(28)29)15-17-7-5-4-6-8-17;/h4-14H,15-16H2,1-3H3,(H,28,29);/q;+1/p-1. The van der Waals surface area contributed by atoms with E-state index in [9.17, 15) is 9.90 Å². The Labute approximate surface area is 230 Å². The number of carboxylic acid groups (broad SMARTS) is 1. The third kappa shape index (κ3) is 6.21. The van der Waals surface area contributed by atoms with Crippen molar-refractivity contribution in [3.8, 4) is 28.7 Å². The normalized spacial score (nSPS) is 10.4. The molecule has 0 N–H and O–H groups in total. The quantitative estimate of drug-likeness (QED) is 0.305. The molecule has 0 aliphatic rings. The Morgan fingerprint density at radius 3 is 2.11 bits per heavy atom. The van der Waals surface area contributed by atoms with E-state index in [0.717, 1.165) is 15.6 Å². The summed E-state index contributed by atoms with van der Waals surface area (Å²) in [6.07, 6.45) is 0. The molecule has 0 fully saturated rings. The van der Waals surface area contributed by atoms with Gasteiger partial charge in [-0.1, -0.05) is 30.3 Å². The molecule has 1 heterocycles. The van der Waals surface area contributed by atoms with Gasteiger partial charge < -0.3 is 33.7 Å². The minimum absolute atomic E-state index is 0. The molecule has 3 aromatic carbocycles. The van der Waals surface area contributed by atoms with Crippen LogP contribution in [0.3, 0.4) is 0 Å². The van der Waals surface area contributed by atoms with Crippen molar-refractivity contribution in [1.82, 2.24) is 0 Å². The summed E-state index contributed by atoms with van der Waals surface area (Å²) < 4.78 is 23.4. The van der Waals surface area contributed by atoms with Crippen LogP contribution in [0.2, 0.25) is 0 Å². The molecule has 0 saturated heterocycles. The van der Waals surface area contributed by atoms with Crippen molar-refractivity contribution in [1.29, 1.82) is 0 Å². The van der Waals surface area contributed by atoms with E-state index >= 15 is 0 Å². The molecule has 0 atom stereocenters. The van der Waals surface area contributed by atoms with Crippen LogP contribution >= 0.6 is 11.3 Å². The van der Waals surface area contributed by atoms with Gasteiger partial charge in [0, 0.05) is 22.7 Å². The van der Waals surface area contributed by atoms with Crippen LogP contribution in [0.25, 0.3) is 10.1 Å². The van der Waals surface area contributed by atoms with Gasteiger partial charge in [0.05, 0.1) is 33.8 Å². The van der Waals surface area contributed by atoms with Crippen molar-refractivity contribution < 1.29 is 58.4 Å². The zero-order valence-electron chi connectivity index (χ0n) is 20.1. The summed E-state index contributed by atoms with van der Waals surface area (Å²) in [4.78, 5) is 13.4. The molecule has 7 nitrogen and oxygen atoms in total. The Kier molecular flexibility index (Phi) is 9.28. The Balaban J connectivity index is 0.00000342. The van der Waals surface area contributed by atoms with Gasteiger partial charge in [0.1, 0.15) is 16.5 Å². The number of rotatable bonds is 10. The Morgan fingerprint density at radius 2 is 1.51 bits per heavy atom. The van der Waals surface area contributed by atoms with E-state index in [-0.39, 0.29) is 36.1 Å². The molecule has 0 saturated carbocycles. The number of aliphatic carboxylic acids is 1. The molecule has 0 amide bonds. The molecule has 35 heavy (non-hydrogen) atoms. The third-order valence-corrected chi connectivity index (χ3v) is 6.43. The predicted octanol–water partition coefficient (Wildman–Crippen LogP) is 1.48. The van der Waals surface area contributed by atoms with E-state index < -0.39 is 5.97 Å². The Bertz CT molecular complexity index is 1280. The van der Waals surface area contributed by atoms with Crippen LogP contribution in [0.1, 0.15) is 5.56 Å². The van der Waals surface area contributed by atoms with E-state index in [0.29, 0.717) is 40.3 Å². The van der Waals surface area contributed by atoms with Crippen molar-refractivity contribution in [3.05, 3.63) is 72.3 Å². The van der Waals surface area contributed by atoms with E-state index in [4.69, 9.17) is 18.9 Å². The van der Waals surface area contributed by atoms with E-state index in [1.807, 2.05) is 42.5 Å². The first-order valence-electron chi connectivity index (χ1n) is 10.5. The fourth-order valence-electron chi connectivity index (χ4n) is 3.62. The predicted molar refractivity (Wildman–Crippen MR) is 130 cm³/mol. The van der Waals surface area contributed by atoms with Gasteiger partial charge in [-0.3, -0.25) is 0 Å². The number of carbonyl (C=O) groups is 1. The molecule has 1 aromatic heterocycles. The molecule has 0 bridgehead atoms. The SMILES string of the molecule is COc1ccc(Oc2c(N(CC(=O)[O-])Cc3ccccc3)sc3cc(OC)c(OC)cc23)cc1.[Na+]. The summed E-state index contributed by atoms with van der Waals surface area (Å²) >= 11 is 1.42. The molecular weight excluding hydrogens is 477 g/mol. The molecule has 0 radical (unpaired) electrons. The van der Waals surface area contributed by atoms with Crippen LogP contribution in [0.4, 0.5) is 5.00 Å². The van der Waals surface area contributed by atoms with Crippen LogP contribution in [-0.4, -0.2) is 33.8 Å². The first kappa shape index (κ1) is 26.7. The maximum absolute atomic E-state index is 11.7. The monoisotopic (exact) mass is 501 g/mol. The summed E-state index contributed by atoms with van der Waals surface area (Å²) in [6.45, 7) is 0.0733. The smallest absolute Gasteiger partial charge is 0.548 e. The maximum Gasteiger partial charge on any atom is 1.00 e. The topological polar surface area (TPSA) is 80.3 Å². The number of methoxy groups -OCH3 is 3. The fourth-order valence-corrected chi connectivity index (χ4v) is 4.75. The molecular formula is C26H24NNaO6S. The van der Waals surface area contributed by atoms with Crippen LogP contribution in [0, 0.1) is 0 Å². The average molecular weight is 502 g/mol. The van der Waals surface area contributed by atoms with Crippen LogP contribution < -0.4 is 58.5 Å². The van der Waals surface area contributed by atoms with Gasteiger partial charge in [0.15, 0.2) is 17.2 Å². The van der Waals surface area contributed by atoms with Crippen molar-refractivity contribution >= 4 is 32.4 Å². The van der Waals surface area contributed by atoms with Gasteiger partial charge in [0.25, 0.3) is 0 Å². The number of ether oxygens (including phenoxy) is 4. The number of hydrogen-bond donors (Lipinski definition) is 0. The second-order valence-electron chi connectivity index (χ2n) is 7.43. The number of benzene rings is 3. The van der Waals surface area contributed by atoms with Crippen molar-refractivity contribution in [2.24, 2.45) is 0 Å². The minimum atomic E-state index is -1.18. The molecule has 4 aromatic rings. The molecule has 176 valence electrons. The number of carbonyl (C=O) groups excluding carboxylic acids is 1. The van der Waals surface area contributed by atoms with Crippen molar-refractivity contribution in [3.63, 3.8) is 0 Å². The Hall–Kier alpha value is -2.91. The molecule has 4 rings (SSSR count). The fraction of sp³-hybridized carbons (Fsp3) is 0.192. The van der Waals surface area contributed by atoms with Crippen molar-refractivity contribution in [2.75, 3.05) is 32.8 Å². The summed E-state index contributed by atoms with van der Waals surface area (Å²) in [5, 5.41) is 13.1. The van der Waals surface area contributed by atoms with Crippen LogP contribution in [0.5, 0.6) is 28.7 Å². The number of anilines is 1. The minimum Gasteiger partial charge on any atom is -0.548 e. The average Bonchev–Trinajstić information content (AvgIpc) is 3.20. The van der Waals surface area contributed by atoms with E-state index in [2.05, 4.69) is 0 Å². The molecule has 0 unspecified atom stereocenters. The van der Waals surface area contributed by atoms with Gasteiger partial charge in [-0.05, 0) is 35.9 Å². The van der Waals surface area contributed by atoms with Gasteiger partial charge in [-0.2, -0.15) is 0 Å². The van der Waals surface area contributed by atoms with Crippen molar-refractivity contribution in [2.45, 2.75) is 6.54 Å². The first-order chi connectivity index (χ1) is 16.5. The number of hydrogen-bond acceptors (Lipinski definition) is 8. The van der Waals surface area contributed by atoms with E-state index in [1.165, 1.54) is 11.3 Å². The maximum atomic E-state index is 11.7. The number of nitrogens with zero attached hydrogens (tertiary/aromatic N) is 1. The second kappa shape index (κ2) is 12.2. The molecule has 0 aliphatic carbocycles. The molecule has 0 aliphatic heterocycles. The summed E-state index contributed by atoms with van der Waals surface area (Å²) in [5.74, 6) is 1.77. The van der Waals surface area contributed by atoms with Crippen LogP contribution in [0.15, 0.2) is 66.7 Å². The van der Waals surface area contributed by atoms with E-state index in [1.54, 1.807) is 50.5 Å². The molecule has 0 spiro atoms. The van der Waals surface area contributed by atoms with Crippen LogP contribution in [-0.2, 0) is 11.3 Å². The van der Waals surface area contributed by atoms with Gasteiger partial charge in [0.2, 0.25) is 0 Å². The zero-order valence-corrected chi connectivity index (χ0v) is 22.9. The largest absolute Gasteiger partial charge is 1.00 e. The third-order valence-electron chi connectivity index (χ3n) is 5.23. The molecule has 9 heteroatoms. The summed E-state index contributed by atoms with van der Waals surface area (Å²) in [6, 6.07) is 20.6. The second-order valence-corrected chi connectivity index (χ2v) is 8.46. The summed E-state index contributed by atoms with van der Waals surface area (Å²) in [7, 11) is 4.74. The van der Waals surface area contributed by atoms with Gasteiger partial charge >= 0.3 is 29.6 Å². The zero-order chi connectivity index (χ0) is 24.1.